The fourth-order valence-electron chi connectivity index (χ4n) is 2.76. The Bertz CT molecular complexity index is 456. The number of nitrogens with one attached hydrogen (secondary N) is 1. The second-order valence-electron chi connectivity index (χ2n) is 5.43. The quantitative estimate of drug-likeness (QED) is 0.841. The van der Waals surface area contributed by atoms with Gasteiger partial charge < -0.3 is 4.74 Å². The molecule has 1 N–H and O–H groups in total. The molecule has 3 nitrogen and oxygen atoms in total. The first-order valence-corrected chi connectivity index (χ1v) is 7.33. The smallest absolute Gasteiger partial charge is 0.327 e. The van der Waals surface area contributed by atoms with Gasteiger partial charge in [0.05, 0.1) is 7.11 Å². The molecule has 0 saturated heterocycles. The molecule has 21 heavy (non-hydrogen) atoms. The second-order valence-corrected chi connectivity index (χ2v) is 5.43. The van der Waals surface area contributed by atoms with E-state index in [1.807, 2.05) is 0 Å². The first-order chi connectivity index (χ1) is 10.1. The second kappa shape index (κ2) is 7.50. The number of benzene rings is 1. The number of rotatable bonds is 5. The van der Waals surface area contributed by atoms with Crippen LogP contribution in [0.2, 0.25) is 0 Å². The van der Waals surface area contributed by atoms with Gasteiger partial charge in [0.25, 0.3) is 6.43 Å². The zero-order valence-electron chi connectivity index (χ0n) is 12.1. The summed E-state index contributed by atoms with van der Waals surface area (Å²) in [5, 5.41) is 3.31. The predicted molar refractivity (Wildman–Crippen MR) is 76.2 cm³/mol. The third kappa shape index (κ3) is 4.24. The Morgan fingerprint density at radius 3 is 2.24 bits per heavy atom. The number of ether oxygens (including phenoxy) is 1. The molecule has 0 bridgehead atoms. The molecule has 1 aliphatic rings. The Kier molecular flexibility index (Phi) is 5.67. The van der Waals surface area contributed by atoms with Gasteiger partial charge in [0, 0.05) is 11.6 Å². The molecule has 1 unspecified atom stereocenters. The molecule has 0 spiro atoms. The number of hydrogen-bond acceptors (Lipinski definition) is 3. The van der Waals surface area contributed by atoms with Gasteiger partial charge in [-0.15, -0.1) is 0 Å². The van der Waals surface area contributed by atoms with Crippen molar-refractivity contribution in [2.75, 3.05) is 7.11 Å². The summed E-state index contributed by atoms with van der Waals surface area (Å²) in [5.41, 5.74) is 0.622. The minimum Gasteiger partial charge on any atom is -0.468 e. The summed E-state index contributed by atoms with van der Waals surface area (Å²) >= 11 is 0. The molecule has 0 aliphatic heterocycles. The molecule has 1 fully saturated rings. The maximum Gasteiger partial charge on any atom is 0.327 e. The van der Waals surface area contributed by atoms with Crippen LogP contribution in [0.5, 0.6) is 0 Å². The van der Waals surface area contributed by atoms with E-state index < -0.39 is 12.5 Å². The average Bonchev–Trinajstić information content (AvgIpc) is 2.53. The summed E-state index contributed by atoms with van der Waals surface area (Å²) in [6.07, 6.45) is 3.09. The van der Waals surface area contributed by atoms with Gasteiger partial charge in [-0.3, -0.25) is 5.32 Å². The van der Waals surface area contributed by atoms with Gasteiger partial charge in [0.15, 0.2) is 0 Å². The third-order valence-corrected chi connectivity index (χ3v) is 3.97. The van der Waals surface area contributed by atoms with Crippen LogP contribution in [0.1, 0.15) is 55.7 Å². The van der Waals surface area contributed by atoms with Crippen molar-refractivity contribution in [2.45, 2.75) is 50.6 Å². The average molecular weight is 297 g/mol. The maximum atomic E-state index is 12.6. The van der Waals surface area contributed by atoms with Crippen LogP contribution in [-0.4, -0.2) is 19.1 Å². The minimum atomic E-state index is -2.50. The number of carbonyl (C=O) groups excluding carboxylic acids is 1. The zero-order valence-corrected chi connectivity index (χ0v) is 12.1. The molecule has 0 heterocycles. The van der Waals surface area contributed by atoms with Crippen LogP contribution < -0.4 is 5.32 Å². The van der Waals surface area contributed by atoms with Gasteiger partial charge in [0.2, 0.25) is 0 Å². The molecule has 116 valence electrons. The van der Waals surface area contributed by atoms with Crippen molar-refractivity contribution in [1.29, 1.82) is 0 Å². The van der Waals surface area contributed by atoms with E-state index >= 15 is 0 Å². The van der Waals surface area contributed by atoms with Gasteiger partial charge in [-0.05, 0) is 18.4 Å². The number of hydrogen-bond donors (Lipinski definition) is 1. The zero-order chi connectivity index (χ0) is 15.2. The molecule has 0 radical (unpaired) electrons. The Labute approximate surface area is 123 Å². The molecule has 1 saturated carbocycles. The molecular weight excluding hydrogens is 276 g/mol. The van der Waals surface area contributed by atoms with Crippen molar-refractivity contribution in [3.63, 3.8) is 0 Å². The number of halogens is 2. The van der Waals surface area contributed by atoms with E-state index in [1.165, 1.54) is 25.7 Å². The van der Waals surface area contributed by atoms with Crippen LogP contribution in [0.15, 0.2) is 24.3 Å². The van der Waals surface area contributed by atoms with E-state index in [2.05, 4.69) is 5.32 Å². The standard InChI is InChI=1S/C16H21F2NO2/c1-21-16(20)14(19-13-5-3-2-4-6-13)11-7-9-12(10-8-11)15(17)18/h7-10,13-15,19H,2-6H2,1H3. The van der Waals surface area contributed by atoms with Crippen LogP contribution in [0.3, 0.4) is 0 Å². The van der Waals surface area contributed by atoms with Gasteiger partial charge >= 0.3 is 5.97 Å². The van der Waals surface area contributed by atoms with Crippen LogP contribution in [-0.2, 0) is 9.53 Å². The highest BCUT2D eigenvalue weighted by atomic mass is 19.3. The first kappa shape index (κ1) is 15.9. The van der Waals surface area contributed by atoms with Crippen molar-refractivity contribution >= 4 is 5.97 Å². The molecule has 5 heteroatoms. The third-order valence-electron chi connectivity index (χ3n) is 3.97. The SMILES string of the molecule is COC(=O)C(NC1CCCCC1)c1ccc(C(F)F)cc1. The van der Waals surface area contributed by atoms with E-state index in [9.17, 15) is 13.6 Å². The molecule has 1 aromatic carbocycles. The summed E-state index contributed by atoms with van der Waals surface area (Å²) in [7, 11) is 1.34. The van der Waals surface area contributed by atoms with Crippen LogP contribution in [0.25, 0.3) is 0 Å². The maximum absolute atomic E-state index is 12.6. The van der Waals surface area contributed by atoms with Crippen LogP contribution in [0.4, 0.5) is 8.78 Å². The Morgan fingerprint density at radius 1 is 1.14 bits per heavy atom. The van der Waals surface area contributed by atoms with E-state index in [4.69, 9.17) is 4.74 Å². The van der Waals surface area contributed by atoms with Crippen molar-refractivity contribution < 1.29 is 18.3 Å². The van der Waals surface area contributed by atoms with Gasteiger partial charge in [-0.1, -0.05) is 43.5 Å². The highest BCUT2D eigenvalue weighted by molar-refractivity contribution is 5.77. The lowest BCUT2D eigenvalue weighted by atomic mass is 9.94. The van der Waals surface area contributed by atoms with Crippen molar-refractivity contribution in [2.24, 2.45) is 0 Å². The summed E-state index contributed by atoms with van der Waals surface area (Å²) in [5.74, 6) is -0.384. The Balaban J connectivity index is 2.12. The lowest BCUT2D eigenvalue weighted by Gasteiger charge is -2.27. The van der Waals surface area contributed by atoms with E-state index in [-0.39, 0.29) is 17.6 Å². The number of methoxy groups -OCH3 is 1. The highest BCUT2D eigenvalue weighted by Gasteiger charge is 2.25. The molecule has 0 amide bonds. The van der Waals surface area contributed by atoms with Crippen molar-refractivity contribution in [3.05, 3.63) is 35.4 Å². The fraction of sp³-hybridized carbons (Fsp3) is 0.562. The van der Waals surface area contributed by atoms with Crippen LogP contribution >= 0.6 is 0 Å². The van der Waals surface area contributed by atoms with E-state index in [1.54, 1.807) is 12.1 Å². The van der Waals surface area contributed by atoms with Crippen LogP contribution in [0, 0.1) is 0 Å². The number of esters is 1. The molecular formula is C16H21F2NO2. The summed E-state index contributed by atoms with van der Waals surface area (Å²) in [6.45, 7) is 0. The minimum absolute atomic E-state index is 0.0416. The predicted octanol–water partition coefficient (Wildman–Crippen LogP) is 3.76. The molecule has 2 rings (SSSR count). The van der Waals surface area contributed by atoms with Crippen molar-refractivity contribution in [3.8, 4) is 0 Å². The van der Waals surface area contributed by atoms with Gasteiger partial charge in [-0.2, -0.15) is 0 Å². The summed E-state index contributed by atoms with van der Waals surface area (Å²) < 4.78 is 30.0. The Hall–Kier alpha value is -1.49. The van der Waals surface area contributed by atoms with Crippen molar-refractivity contribution in [1.82, 2.24) is 5.32 Å². The summed E-state index contributed by atoms with van der Waals surface area (Å²) in [6, 6.07) is 5.54. The first-order valence-electron chi connectivity index (χ1n) is 7.33. The van der Waals surface area contributed by atoms with Gasteiger partial charge in [0.1, 0.15) is 6.04 Å². The lowest BCUT2D eigenvalue weighted by molar-refractivity contribution is -0.143. The molecule has 1 aliphatic carbocycles. The number of alkyl halides is 2. The van der Waals surface area contributed by atoms with E-state index in [0.29, 0.717) is 5.56 Å². The highest BCUT2D eigenvalue weighted by Crippen LogP contribution is 2.25. The lowest BCUT2D eigenvalue weighted by Crippen LogP contribution is -2.38. The monoisotopic (exact) mass is 297 g/mol. The van der Waals surface area contributed by atoms with Gasteiger partial charge in [-0.25, -0.2) is 13.6 Å². The fourth-order valence-corrected chi connectivity index (χ4v) is 2.76. The molecule has 1 aromatic rings. The topological polar surface area (TPSA) is 38.3 Å². The number of carbonyl (C=O) groups is 1. The van der Waals surface area contributed by atoms with E-state index in [0.717, 1.165) is 25.7 Å². The molecule has 1 atom stereocenters. The Morgan fingerprint density at radius 2 is 1.71 bits per heavy atom. The largest absolute Gasteiger partial charge is 0.468 e. The molecule has 0 aromatic heterocycles. The summed E-state index contributed by atoms with van der Waals surface area (Å²) in [4.78, 5) is 12.0. The normalized spacial score (nSPS) is 17.7.